The number of anilines is 2. The SMILES string of the molecule is CSNC(=O)c1nc(N(Cc2cnc(C(F)(F)F)c(Cl)c2)c2ccc(C#N)cc2)sc1C. The van der Waals surface area contributed by atoms with E-state index in [4.69, 9.17) is 16.9 Å². The molecule has 0 radical (unpaired) electrons. The molecule has 1 N–H and O–H groups in total. The van der Waals surface area contributed by atoms with Gasteiger partial charge in [-0.25, -0.2) is 9.97 Å². The van der Waals surface area contributed by atoms with Crippen molar-refractivity contribution < 1.29 is 18.0 Å². The van der Waals surface area contributed by atoms with Crippen LogP contribution in [0.15, 0.2) is 36.5 Å². The number of carbonyl (C=O) groups is 1. The fourth-order valence-electron chi connectivity index (χ4n) is 2.79. The van der Waals surface area contributed by atoms with Gasteiger partial charge in [-0.3, -0.25) is 9.52 Å². The number of pyridine rings is 1. The van der Waals surface area contributed by atoms with Crippen LogP contribution < -0.4 is 9.62 Å². The molecule has 0 aliphatic rings. The van der Waals surface area contributed by atoms with E-state index < -0.39 is 16.9 Å². The van der Waals surface area contributed by atoms with Crippen molar-refractivity contribution >= 4 is 51.6 Å². The van der Waals surface area contributed by atoms with Crippen LogP contribution in [0.1, 0.15) is 32.2 Å². The van der Waals surface area contributed by atoms with Crippen LogP contribution >= 0.6 is 34.9 Å². The quantitative estimate of drug-likeness (QED) is 0.437. The third-order valence-electron chi connectivity index (χ3n) is 4.24. The summed E-state index contributed by atoms with van der Waals surface area (Å²) < 4.78 is 41.6. The normalized spacial score (nSPS) is 11.2. The molecule has 3 rings (SSSR count). The van der Waals surface area contributed by atoms with Gasteiger partial charge in [0.25, 0.3) is 5.91 Å². The maximum absolute atomic E-state index is 13.0. The smallest absolute Gasteiger partial charge is 0.313 e. The molecular weight excluding hydrogens is 483 g/mol. The number of hydrogen-bond acceptors (Lipinski definition) is 7. The average molecular weight is 498 g/mol. The average Bonchev–Trinajstić information content (AvgIpc) is 3.13. The number of rotatable bonds is 6. The summed E-state index contributed by atoms with van der Waals surface area (Å²) in [5.41, 5.74) is 0.583. The largest absolute Gasteiger partial charge is 0.434 e. The fourth-order valence-corrected chi connectivity index (χ4v) is 4.29. The molecule has 0 atom stereocenters. The highest BCUT2D eigenvalue weighted by Gasteiger charge is 2.35. The maximum atomic E-state index is 13.0. The van der Waals surface area contributed by atoms with Crippen LogP contribution in [0.25, 0.3) is 0 Å². The van der Waals surface area contributed by atoms with E-state index in [1.165, 1.54) is 17.4 Å². The Morgan fingerprint density at radius 2 is 2.03 bits per heavy atom. The van der Waals surface area contributed by atoms with Gasteiger partial charge in [0, 0.05) is 23.0 Å². The van der Waals surface area contributed by atoms with Gasteiger partial charge in [-0.05, 0) is 42.8 Å². The van der Waals surface area contributed by atoms with Crippen molar-refractivity contribution in [3.8, 4) is 6.07 Å². The van der Waals surface area contributed by atoms with E-state index in [9.17, 15) is 18.0 Å². The van der Waals surface area contributed by atoms with Gasteiger partial charge < -0.3 is 4.90 Å². The van der Waals surface area contributed by atoms with E-state index in [2.05, 4.69) is 14.7 Å². The molecule has 6 nitrogen and oxygen atoms in total. The molecule has 0 saturated carbocycles. The molecule has 1 amide bonds. The van der Waals surface area contributed by atoms with E-state index in [1.807, 2.05) is 6.07 Å². The predicted molar refractivity (Wildman–Crippen MR) is 119 cm³/mol. The van der Waals surface area contributed by atoms with E-state index in [0.717, 1.165) is 18.1 Å². The van der Waals surface area contributed by atoms with Crippen LogP contribution in [0.2, 0.25) is 5.02 Å². The lowest BCUT2D eigenvalue weighted by Crippen LogP contribution is -2.19. The second kappa shape index (κ2) is 9.77. The summed E-state index contributed by atoms with van der Waals surface area (Å²) in [6, 6.07) is 9.84. The zero-order valence-electron chi connectivity index (χ0n) is 16.7. The molecule has 0 bridgehead atoms. The molecule has 166 valence electrons. The van der Waals surface area contributed by atoms with Crippen LogP contribution in [0.5, 0.6) is 0 Å². The third kappa shape index (κ3) is 5.32. The Bertz CT molecular complexity index is 1180. The van der Waals surface area contributed by atoms with E-state index >= 15 is 0 Å². The highest BCUT2D eigenvalue weighted by molar-refractivity contribution is 7.97. The monoisotopic (exact) mass is 497 g/mol. The van der Waals surface area contributed by atoms with Gasteiger partial charge in [-0.15, -0.1) is 11.3 Å². The second-order valence-electron chi connectivity index (χ2n) is 6.45. The molecule has 0 spiro atoms. The summed E-state index contributed by atoms with van der Waals surface area (Å²) in [4.78, 5) is 22.6. The number of nitriles is 1. The van der Waals surface area contributed by atoms with Crippen molar-refractivity contribution in [3.05, 3.63) is 68.9 Å². The number of aromatic nitrogens is 2. The standard InChI is InChI=1S/C20H15ClF3N5OS2/c1-11-16(18(30)28-31-2)27-19(32-11)29(14-5-3-12(8-25)4-6-14)10-13-7-15(21)17(26-9-13)20(22,23)24/h3-7,9H,10H2,1-2H3,(H,28,30). The first-order chi connectivity index (χ1) is 15.1. The molecule has 3 aromatic rings. The van der Waals surface area contributed by atoms with Crippen molar-refractivity contribution in [1.29, 1.82) is 5.26 Å². The third-order valence-corrected chi connectivity index (χ3v) is 5.91. The van der Waals surface area contributed by atoms with Crippen molar-refractivity contribution in [2.75, 3.05) is 11.2 Å². The fraction of sp³-hybridized carbons (Fsp3) is 0.200. The van der Waals surface area contributed by atoms with Crippen molar-refractivity contribution in [1.82, 2.24) is 14.7 Å². The molecule has 2 aromatic heterocycles. The Kier molecular flexibility index (Phi) is 7.28. The van der Waals surface area contributed by atoms with Gasteiger partial charge in [0.15, 0.2) is 10.8 Å². The van der Waals surface area contributed by atoms with Crippen molar-refractivity contribution in [3.63, 3.8) is 0 Å². The summed E-state index contributed by atoms with van der Waals surface area (Å²) in [6.07, 6.45) is -1.84. The number of halogens is 4. The predicted octanol–water partition coefficient (Wildman–Crippen LogP) is 5.74. The molecular formula is C20H15ClF3N5OS2. The highest BCUT2D eigenvalue weighted by atomic mass is 35.5. The molecule has 0 aliphatic heterocycles. The summed E-state index contributed by atoms with van der Waals surface area (Å²) in [7, 11) is 0. The first-order valence-electron chi connectivity index (χ1n) is 8.94. The van der Waals surface area contributed by atoms with Crippen LogP contribution in [-0.2, 0) is 12.7 Å². The summed E-state index contributed by atoms with van der Waals surface area (Å²) in [5.74, 6) is -0.350. The van der Waals surface area contributed by atoms with Crippen LogP contribution in [0.3, 0.4) is 0 Å². The minimum absolute atomic E-state index is 0.0906. The zero-order chi connectivity index (χ0) is 23.5. The number of aryl methyl sites for hydroxylation is 1. The summed E-state index contributed by atoms with van der Waals surface area (Å²) >= 11 is 8.23. The highest BCUT2D eigenvalue weighted by Crippen LogP contribution is 2.36. The van der Waals surface area contributed by atoms with Gasteiger partial charge in [-0.1, -0.05) is 23.5 Å². The van der Waals surface area contributed by atoms with E-state index in [1.54, 1.807) is 42.3 Å². The number of carbonyl (C=O) groups excluding carboxylic acids is 1. The van der Waals surface area contributed by atoms with E-state index in [-0.39, 0.29) is 18.1 Å². The Morgan fingerprint density at radius 1 is 1.34 bits per heavy atom. The number of thiazole rings is 1. The maximum Gasteiger partial charge on any atom is 0.434 e. The number of hydrogen-bond donors (Lipinski definition) is 1. The minimum atomic E-state index is -4.66. The van der Waals surface area contributed by atoms with Crippen molar-refractivity contribution in [2.24, 2.45) is 0 Å². The molecule has 0 aliphatic carbocycles. The molecule has 0 unspecified atom stereocenters. The van der Waals surface area contributed by atoms with E-state index in [0.29, 0.717) is 26.8 Å². The molecule has 0 fully saturated rings. The molecule has 0 saturated heterocycles. The number of nitrogens with zero attached hydrogens (tertiary/aromatic N) is 4. The van der Waals surface area contributed by atoms with Gasteiger partial charge in [0.2, 0.25) is 0 Å². The number of alkyl halides is 3. The Hall–Kier alpha value is -2.81. The topological polar surface area (TPSA) is 81.9 Å². The van der Waals surface area contributed by atoms with Crippen molar-refractivity contribution in [2.45, 2.75) is 19.6 Å². The molecule has 32 heavy (non-hydrogen) atoms. The van der Waals surface area contributed by atoms with Gasteiger partial charge in [-0.2, -0.15) is 18.4 Å². The number of benzene rings is 1. The van der Waals surface area contributed by atoms with Crippen LogP contribution in [0.4, 0.5) is 24.0 Å². The molecule has 2 heterocycles. The Morgan fingerprint density at radius 3 is 2.59 bits per heavy atom. The Labute approximate surface area is 195 Å². The zero-order valence-corrected chi connectivity index (χ0v) is 19.1. The first-order valence-corrected chi connectivity index (χ1v) is 11.4. The number of amides is 1. The van der Waals surface area contributed by atoms with Crippen LogP contribution in [0, 0.1) is 18.3 Å². The van der Waals surface area contributed by atoms with Gasteiger partial charge >= 0.3 is 6.18 Å². The molecule has 1 aromatic carbocycles. The molecule has 12 heteroatoms. The lowest BCUT2D eigenvalue weighted by molar-refractivity contribution is -0.141. The van der Waals surface area contributed by atoms with Gasteiger partial charge in [0.1, 0.15) is 5.69 Å². The lowest BCUT2D eigenvalue weighted by Gasteiger charge is -2.22. The first kappa shape index (κ1) is 23.8. The number of nitrogens with one attached hydrogen (secondary N) is 1. The second-order valence-corrected chi connectivity index (χ2v) is 8.65. The Balaban J connectivity index is 2.02. The summed E-state index contributed by atoms with van der Waals surface area (Å²) in [5, 5.41) is 9.00. The lowest BCUT2D eigenvalue weighted by atomic mass is 10.2. The summed E-state index contributed by atoms with van der Waals surface area (Å²) in [6.45, 7) is 1.84. The van der Waals surface area contributed by atoms with Crippen LogP contribution in [-0.4, -0.2) is 22.1 Å². The van der Waals surface area contributed by atoms with Gasteiger partial charge in [0.05, 0.1) is 23.2 Å². The minimum Gasteiger partial charge on any atom is -0.313 e.